The van der Waals surface area contributed by atoms with Crippen molar-refractivity contribution in [2.24, 2.45) is 0 Å². The number of fused-ring (bicyclic) bond motifs is 1. The van der Waals surface area contributed by atoms with Crippen LogP contribution in [-0.2, 0) is 0 Å². The molecule has 0 N–H and O–H groups in total. The van der Waals surface area contributed by atoms with Crippen LogP contribution in [0, 0.1) is 0 Å². The number of Topliss-reactive ketones (excluding diaryl/α,β-unsaturated/α-hetero) is 1. The molecule has 0 aliphatic carbocycles. The number of hydrogen-bond donors (Lipinski definition) is 0. The summed E-state index contributed by atoms with van der Waals surface area (Å²) < 4.78 is 1.29. The first kappa shape index (κ1) is 8.59. The molecule has 0 saturated carbocycles. The zero-order valence-electron chi connectivity index (χ0n) is 6.74. The molecular formula is C8H5ClN2OS. The van der Waals surface area contributed by atoms with Crippen molar-refractivity contribution < 1.29 is 4.79 Å². The molecule has 2 rings (SSSR count). The zero-order valence-corrected chi connectivity index (χ0v) is 8.32. The molecule has 0 fully saturated rings. The van der Waals surface area contributed by atoms with Gasteiger partial charge in [0.15, 0.2) is 15.9 Å². The highest BCUT2D eigenvalue weighted by Gasteiger charge is 2.05. The van der Waals surface area contributed by atoms with E-state index in [4.69, 9.17) is 11.6 Å². The fourth-order valence-corrected chi connectivity index (χ4v) is 2.00. The van der Waals surface area contributed by atoms with E-state index in [1.54, 1.807) is 6.07 Å². The van der Waals surface area contributed by atoms with Crippen LogP contribution in [0.5, 0.6) is 0 Å². The number of hydrogen-bond acceptors (Lipinski definition) is 4. The molecule has 2 heterocycles. The number of aromatic nitrogens is 2. The van der Waals surface area contributed by atoms with Gasteiger partial charge in [0, 0.05) is 11.8 Å². The van der Waals surface area contributed by atoms with E-state index in [1.165, 1.54) is 24.5 Å². The number of carbonyl (C=O) groups excluding carboxylic acids is 1. The highest BCUT2D eigenvalue weighted by molar-refractivity contribution is 7.22. The minimum absolute atomic E-state index is 0.000998. The summed E-state index contributed by atoms with van der Waals surface area (Å²) in [4.78, 5) is 19.0. The quantitative estimate of drug-likeness (QED) is 0.683. The van der Waals surface area contributed by atoms with Gasteiger partial charge in [-0.2, -0.15) is 0 Å². The molecule has 3 nitrogen and oxygen atoms in total. The average molecular weight is 213 g/mol. The molecule has 2 aromatic heterocycles. The lowest BCUT2D eigenvalue weighted by molar-refractivity contribution is 0.101. The average Bonchev–Trinajstić information content (AvgIpc) is 2.42. The summed E-state index contributed by atoms with van der Waals surface area (Å²) in [5, 5.41) is 0. The van der Waals surface area contributed by atoms with E-state index >= 15 is 0 Å². The maximum Gasteiger partial charge on any atom is 0.186 e. The van der Waals surface area contributed by atoms with Gasteiger partial charge >= 0.3 is 0 Å². The van der Waals surface area contributed by atoms with Crippen molar-refractivity contribution in [3.8, 4) is 0 Å². The lowest BCUT2D eigenvalue weighted by atomic mass is 10.2. The van der Waals surface area contributed by atoms with Crippen molar-refractivity contribution >= 4 is 39.1 Å². The summed E-state index contributed by atoms with van der Waals surface area (Å²) in [6.45, 7) is 1.51. The van der Waals surface area contributed by atoms with Gasteiger partial charge in [0.1, 0.15) is 0 Å². The molecule has 0 aromatic carbocycles. The van der Waals surface area contributed by atoms with Crippen molar-refractivity contribution in [2.75, 3.05) is 0 Å². The SMILES string of the molecule is CC(=O)c1cnc2nc(Cl)sc2c1. The third kappa shape index (κ3) is 1.55. The summed E-state index contributed by atoms with van der Waals surface area (Å²) in [6.07, 6.45) is 1.51. The monoisotopic (exact) mass is 212 g/mol. The van der Waals surface area contributed by atoms with Crippen LogP contribution >= 0.6 is 22.9 Å². The predicted octanol–water partition coefficient (Wildman–Crippen LogP) is 2.55. The number of halogens is 1. The Balaban J connectivity index is 2.67. The van der Waals surface area contributed by atoms with Crippen LogP contribution in [0.1, 0.15) is 17.3 Å². The maximum atomic E-state index is 11.0. The number of ketones is 1. The molecule has 0 amide bonds. The largest absolute Gasteiger partial charge is 0.294 e. The molecule has 2 aromatic rings. The Hall–Kier alpha value is -1.00. The third-order valence-corrected chi connectivity index (χ3v) is 2.72. The number of pyridine rings is 1. The highest BCUT2D eigenvalue weighted by atomic mass is 35.5. The number of thiazole rings is 1. The second-order valence-electron chi connectivity index (χ2n) is 2.57. The second kappa shape index (κ2) is 3.05. The van der Waals surface area contributed by atoms with E-state index in [1.807, 2.05) is 0 Å². The fraction of sp³-hybridized carbons (Fsp3) is 0.125. The van der Waals surface area contributed by atoms with Crippen LogP contribution in [0.3, 0.4) is 0 Å². The molecule has 0 atom stereocenters. The summed E-state index contributed by atoms with van der Waals surface area (Å²) in [6, 6.07) is 1.76. The summed E-state index contributed by atoms with van der Waals surface area (Å²) >= 11 is 7.02. The van der Waals surface area contributed by atoms with Crippen LogP contribution in [0.4, 0.5) is 0 Å². The Kier molecular flexibility index (Phi) is 2.01. The first-order chi connectivity index (χ1) is 6.16. The molecule has 5 heteroatoms. The molecule has 0 spiro atoms. The second-order valence-corrected chi connectivity index (χ2v) is 4.18. The predicted molar refractivity (Wildman–Crippen MR) is 52.4 cm³/mol. The van der Waals surface area contributed by atoms with Crippen LogP contribution in [0.25, 0.3) is 10.3 Å². The van der Waals surface area contributed by atoms with Gasteiger partial charge in [-0.05, 0) is 13.0 Å². The van der Waals surface area contributed by atoms with Crippen LogP contribution in [0.2, 0.25) is 4.47 Å². The zero-order chi connectivity index (χ0) is 9.42. The van der Waals surface area contributed by atoms with Crippen LogP contribution in [0.15, 0.2) is 12.3 Å². The topological polar surface area (TPSA) is 42.9 Å². The Bertz CT molecular complexity index is 480. The van der Waals surface area contributed by atoms with Gasteiger partial charge in [0.2, 0.25) is 0 Å². The van der Waals surface area contributed by atoms with Gasteiger partial charge in [0.05, 0.1) is 4.70 Å². The maximum absolute atomic E-state index is 11.0. The molecule has 66 valence electrons. The van der Waals surface area contributed by atoms with Crippen molar-refractivity contribution in [2.45, 2.75) is 6.92 Å². The number of carbonyl (C=O) groups is 1. The highest BCUT2D eigenvalue weighted by Crippen LogP contribution is 2.24. The van der Waals surface area contributed by atoms with Gasteiger partial charge in [-0.15, -0.1) is 11.3 Å². The van der Waals surface area contributed by atoms with Crippen LogP contribution < -0.4 is 0 Å². The molecule has 0 radical (unpaired) electrons. The summed E-state index contributed by atoms with van der Waals surface area (Å²) in [7, 11) is 0. The molecule has 0 aliphatic heterocycles. The molecule has 0 unspecified atom stereocenters. The molecule has 0 saturated heterocycles. The van der Waals surface area contributed by atoms with Crippen molar-refractivity contribution in [3.05, 3.63) is 22.3 Å². The fourth-order valence-electron chi connectivity index (χ4n) is 0.986. The van der Waals surface area contributed by atoms with E-state index in [0.717, 1.165) is 4.70 Å². The van der Waals surface area contributed by atoms with E-state index in [-0.39, 0.29) is 5.78 Å². The lowest BCUT2D eigenvalue weighted by Crippen LogP contribution is -1.92. The van der Waals surface area contributed by atoms with E-state index in [0.29, 0.717) is 15.7 Å². The summed E-state index contributed by atoms with van der Waals surface area (Å²) in [5.41, 5.74) is 1.19. The Morgan fingerprint density at radius 1 is 1.62 bits per heavy atom. The van der Waals surface area contributed by atoms with Crippen molar-refractivity contribution in [1.29, 1.82) is 0 Å². The van der Waals surface area contributed by atoms with Gasteiger partial charge in [-0.25, -0.2) is 9.97 Å². The van der Waals surface area contributed by atoms with Gasteiger partial charge in [0.25, 0.3) is 0 Å². The lowest BCUT2D eigenvalue weighted by Gasteiger charge is -1.92. The van der Waals surface area contributed by atoms with E-state index in [2.05, 4.69) is 9.97 Å². The third-order valence-electron chi connectivity index (χ3n) is 1.63. The Morgan fingerprint density at radius 2 is 2.38 bits per heavy atom. The van der Waals surface area contributed by atoms with E-state index < -0.39 is 0 Å². The number of rotatable bonds is 1. The van der Waals surface area contributed by atoms with Crippen LogP contribution in [-0.4, -0.2) is 15.8 Å². The standard InChI is InChI=1S/C8H5ClN2OS/c1-4(12)5-2-6-7(10-3-5)11-8(9)13-6/h2-3H,1H3. The smallest absolute Gasteiger partial charge is 0.186 e. The first-order valence-corrected chi connectivity index (χ1v) is 4.79. The summed E-state index contributed by atoms with van der Waals surface area (Å²) in [5.74, 6) is -0.000998. The molecule has 0 bridgehead atoms. The van der Waals surface area contributed by atoms with Crippen molar-refractivity contribution in [3.63, 3.8) is 0 Å². The Labute approximate surface area is 83.4 Å². The molecule has 13 heavy (non-hydrogen) atoms. The normalized spacial score (nSPS) is 10.6. The minimum Gasteiger partial charge on any atom is -0.294 e. The molecule has 0 aliphatic rings. The molecular weight excluding hydrogens is 208 g/mol. The van der Waals surface area contributed by atoms with Gasteiger partial charge in [-0.3, -0.25) is 4.79 Å². The van der Waals surface area contributed by atoms with Gasteiger partial charge in [-0.1, -0.05) is 11.6 Å². The first-order valence-electron chi connectivity index (χ1n) is 3.60. The minimum atomic E-state index is -0.000998. The number of nitrogens with zero attached hydrogens (tertiary/aromatic N) is 2. The van der Waals surface area contributed by atoms with E-state index in [9.17, 15) is 4.79 Å². The van der Waals surface area contributed by atoms with Gasteiger partial charge < -0.3 is 0 Å². The Morgan fingerprint density at radius 3 is 3.08 bits per heavy atom. The van der Waals surface area contributed by atoms with Crippen molar-refractivity contribution in [1.82, 2.24) is 9.97 Å².